The molecule has 0 bridgehead atoms. The maximum atomic E-state index is 13.2. The Kier molecular flexibility index (Phi) is 5.04. The smallest absolute Gasteiger partial charge is 0.268 e. The summed E-state index contributed by atoms with van der Waals surface area (Å²) in [6, 6.07) is 14.6. The second kappa shape index (κ2) is 7.46. The summed E-state index contributed by atoms with van der Waals surface area (Å²) in [5.74, 6) is 0. The Morgan fingerprint density at radius 3 is 2.41 bits per heavy atom. The highest BCUT2D eigenvalue weighted by molar-refractivity contribution is 7.90. The van der Waals surface area contributed by atoms with E-state index in [1.165, 1.54) is 9.54 Å². The molecule has 1 aliphatic rings. The summed E-state index contributed by atoms with van der Waals surface area (Å²) >= 11 is 0. The van der Waals surface area contributed by atoms with Crippen LogP contribution in [0.2, 0.25) is 0 Å². The molecule has 1 aliphatic heterocycles. The number of ether oxygens (including phenoxy) is 1. The van der Waals surface area contributed by atoms with Crippen molar-refractivity contribution >= 4 is 20.9 Å². The number of nitrogens with zero attached hydrogens (tertiary/aromatic N) is 2. The first-order valence-electron chi connectivity index (χ1n) is 9.34. The summed E-state index contributed by atoms with van der Waals surface area (Å²) in [5.41, 5.74) is 2.99. The predicted octanol–water partition coefficient (Wildman–Crippen LogP) is 3.27. The van der Waals surface area contributed by atoms with Crippen LogP contribution >= 0.6 is 0 Å². The van der Waals surface area contributed by atoms with E-state index in [0.717, 1.165) is 55.7 Å². The van der Waals surface area contributed by atoms with Crippen LogP contribution in [-0.2, 0) is 27.7 Å². The highest BCUT2D eigenvalue weighted by Crippen LogP contribution is 2.30. The molecule has 0 aliphatic carbocycles. The lowest BCUT2D eigenvalue weighted by Gasteiger charge is -2.27. The SMILES string of the molecule is CCc1cn(S(=O)(=O)c2ccccc2)c2cccc(CN3CCOCC3)c12. The zero-order valence-electron chi connectivity index (χ0n) is 15.5. The second-order valence-corrected chi connectivity index (χ2v) is 8.64. The number of rotatable bonds is 5. The normalized spacial score (nSPS) is 16.0. The molecule has 0 spiro atoms. The molecule has 3 aromatic rings. The van der Waals surface area contributed by atoms with Crippen LogP contribution < -0.4 is 0 Å². The van der Waals surface area contributed by atoms with Crippen LogP contribution in [0.3, 0.4) is 0 Å². The van der Waals surface area contributed by atoms with Gasteiger partial charge in [-0.25, -0.2) is 12.4 Å². The number of aryl methyl sites for hydroxylation is 1. The van der Waals surface area contributed by atoms with E-state index in [-0.39, 0.29) is 0 Å². The van der Waals surface area contributed by atoms with Crippen molar-refractivity contribution in [3.8, 4) is 0 Å². The maximum absolute atomic E-state index is 13.2. The first-order chi connectivity index (χ1) is 13.1. The van der Waals surface area contributed by atoms with Crippen molar-refractivity contribution in [3.05, 3.63) is 65.9 Å². The van der Waals surface area contributed by atoms with Crippen molar-refractivity contribution in [2.75, 3.05) is 26.3 Å². The van der Waals surface area contributed by atoms with Gasteiger partial charge >= 0.3 is 0 Å². The zero-order chi connectivity index (χ0) is 18.9. The summed E-state index contributed by atoms with van der Waals surface area (Å²) < 4.78 is 33.3. The Labute approximate surface area is 160 Å². The lowest BCUT2D eigenvalue weighted by molar-refractivity contribution is 0.0343. The van der Waals surface area contributed by atoms with Gasteiger partial charge in [-0.05, 0) is 35.7 Å². The molecule has 1 saturated heterocycles. The molecular formula is C21H24N2O3S. The van der Waals surface area contributed by atoms with E-state index in [1.807, 2.05) is 18.2 Å². The summed E-state index contributed by atoms with van der Waals surface area (Å²) in [6.45, 7) is 6.19. The Morgan fingerprint density at radius 2 is 1.70 bits per heavy atom. The van der Waals surface area contributed by atoms with Gasteiger partial charge in [-0.15, -0.1) is 0 Å². The number of morpholine rings is 1. The van der Waals surface area contributed by atoms with E-state index in [1.54, 1.807) is 30.5 Å². The first kappa shape index (κ1) is 18.2. The number of benzene rings is 2. The fourth-order valence-electron chi connectivity index (χ4n) is 3.72. The third kappa shape index (κ3) is 3.40. The number of hydrogen-bond donors (Lipinski definition) is 0. The average molecular weight is 385 g/mol. The van der Waals surface area contributed by atoms with Crippen LogP contribution in [0.25, 0.3) is 10.9 Å². The van der Waals surface area contributed by atoms with Crippen molar-refractivity contribution < 1.29 is 13.2 Å². The standard InChI is InChI=1S/C21H24N2O3S/c1-2-17-16-23(27(24,25)19-8-4-3-5-9-19)20-10-6-7-18(21(17)20)15-22-11-13-26-14-12-22/h3-10,16H,2,11-15H2,1H3. The van der Waals surface area contributed by atoms with Gasteiger partial charge in [0, 0.05) is 31.2 Å². The monoisotopic (exact) mass is 384 g/mol. The van der Waals surface area contributed by atoms with Gasteiger partial charge in [0.25, 0.3) is 10.0 Å². The topological polar surface area (TPSA) is 51.5 Å². The van der Waals surface area contributed by atoms with Crippen LogP contribution in [0.4, 0.5) is 0 Å². The third-order valence-electron chi connectivity index (χ3n) is 5.14. The molecule has 5 nitrogen and oxygen atoms in total. The molecule has 0 unspecified atom stereocenters. The van der Waals surface area contributed by atoms with Gasteiger partial charge in [0.2, 0.25) is 0 Å². The summed E-state index contributed by atoms with van der Waals surface area (Å²) in [5, 5.41) is 1.06. The van der Waals surface area contributed by atoms with E-state index >= 15 is 0 Å². The molecule has 1 fully saturated rings. The van der Waals surface area contributed by atoms with E-state index in [0.29, 0.717) is 4.90 Å². The van der Waals surface area contributed by atoms with Crippen molar-refractivity contribution in [3.63, 3.8) is 0 Å². The molecule has 1 aromatic heterocycles. The van der Waals surface area contributed by atoms with E-state index in [9.17, 15) is 8.42 Å². The van der Waals surface area contributed by atoms with Gasteiger partial charge < -0.3 is 4.74 Å². The molecule has 2 aromatic carbocycles. The second-order valence-electron chi connectivity index (χ2n) is 6.82. The van der Waals surface area contributed by atoms with Crippen LogP contribution in [-0.4, -0.2) is 43.6 Å². The van der Waals surface area contributed by atoms with Crippen LogP contribution in [0.5, 0.6) is 0 Å². The van der Waals surface area contributed by atoms with Crippen LogP contribution in [0, 0.1) is 0 Å². The van der Waals surface area contributed by atoms with E-state index in [4.69, 9.17) is 4.74 Å². The van der Waals surface area contributed by atoms with Gasteiger partial charge in [0.15, 0.2) is 0 Å². The zero-order valence-corrected chi connectivity index (χ0v) is 16.3. The quantitative estimate of drug-likeness (QED) is 0.677. The summed E-state index contributed by atoms with van der Waals surface area (Å²) in [6.07, 6.45) is 2.57. The van der Waals surface area contributed by atoms with Crippen molar-refractivity contribution in [1.82, 2.24) is 8.87 Å². The largest absolute Gasteiger partial charge is 0.379 e. The first-order valence-corrected chi connectivity index (χ1v) is 10.8. The summed E-state index contributed by atoms with van der Waals surface area (Å²) in [7, 11) is -3.62. The molecule has 2 heterocycles. The van der Waals surface area contributed by atoms with Crippen LogP contribution in [0.15, 0.2) is 59.6 Å². The molecule has 0 amide bonds. The number of fused-ring (bicyclic) bond motifs is 1. The van der Waals surface area contributed by atoms with E-state index in [2.05, 4.69) is 17.9 Å². The van der Waals surface area contributed by atoms with Crippen molar-refractivity contribution in [2.45, 2.75) is 24.8 Å². The highest BCUT2D eigenvalue weighted by atomic mass is 32.2. The van der Waals surface area contributed by atoms with Gasteiger partial charge in [0.05, 0.1) is 23.6 Å². The fraction of sp³-hybridized carbons (Fsp3) is 0.333. The van der Waals surface area contributed by atoms with Gasteiger partial charge in [-0.2, -0.15) is 0 Å². The van der Waals surface area contributed by atoms with Crippen LogP contribution in [0.1, 0.15) is 18.1 Å². The Bertz CT molecular complexity index is 1040. The van der Waals surface area contributed by atoms with Gasteiger partial charge in [-0.1, -0.05) is 37.3 Å². The molecule has 6 heteroatoms. The third-order valence-corrected chi connectivity index (χ3v) is 6.83. The van der Waals surface area contributed by atoms with E-state index < -0.39 is 10.0 Å². The molecule has 0 saturated carbocycles. The Morgan fingerprint density at radius 1 is 0.963 bits per heavy atom. The average Bonchev–Trinajstić information content (AvgIpc) is 3.10. The molecule has 0 N–H and O–H groups in total. The minimum atomic E-state index is -3.62. The molecule has 142 valence electrons. The summed E-state index contributed by atoms with van der Waals surface area (Å²) in [4.78, 5) is 2.67. The lowest BCUT2D eigenvalue weighted by atomic mass is 10.0. The predicted molar refractivity (Wildman–Crippen MR) is 106 cm³/mol. The number of hydrogen-bond acceptors (Lipinski definition) is 4. The van der Waals surface area contributed by atoms with Crippen molar-refractivity contribution in [2.24, 2.45) is 0 Å². The fourth-order valence-corrected chi connectivity index (χ4v) is 5.13. The van der Waals surface area contributed by atoms with Gasteiger partial charge in [0.1, 0.15) is 0 Å². The minimum absolute atomic E-state index is 0.308. The maximum Gasteiger partial charge on any atom is 0.268 e. The highest BCUT2D eigenvalue weighted by Gasteiger charge is 2.22. The lowest BCUT2D eigenvalue weighted by Crippen LogP contribution is -2.35. The molecule has 0 atom stereocenters. The minimum Gasteiger partial charge on any atom is -0.379 e. The molecule has 27 heavy (non-hydrogen) atoms. The molecule has 0 radical (unpaired) electrons. The van der Waals surface area contributed by atoms with Gasteiger partial charge in [-0.3, -0.25) is 4.90 Å². The molecular weight excluding hydrogens is 360 g/mol. The van der Waals surface area contributed by atoms with Crippen molar-refractivity contribution in [1.29, 1.82) is 0 Å². The Hall–Kier alpha value is -2.15. The number of aromatic nitrogens is 1. The molecule has 4 rings (SSSR count). The Balaban J connectivity index is 1.83.